The smallest absolute Gasteiger partial charge is 0.306 e. The normalized spacial score (nSPS) is 15.6. The molecule has 3 nitrogen and oxygen atoms in total. The number of carbonyl (C=O) groups excluding carboxylic acids is 1. The van der Waals surface area contributed by atoms with Crippen LogP contribution < -0.4 is 5.73 Å². The Morgan fingerprint density at radius 3 is 2.37 bits per heavy atom. The highest BCUT2D eigenvalue weighted by Crippen LogP contribution is 2.31. The molecule has 106 valence electrons. The second kappa shape index (κ2) is 6.71. The van der Waals surface area contributed by atoms with Crippen molar-refractivity contribution in [3.63, 3.8) is 0 Å². The summed E-state index contributed by atoms with van der Waals surface area (Å²) in [5.74, 6) is -0.225. The summed E-state index contributed by atoms with van der Waals surface area (Å²) in [6.45, 7) is 6.11. The van der Waals surface area contributed by atoms with E-state index in [0.29, 0.717) is 6.42 Å². The van der Waals surface area contributed by atoms with Crippen molar-refractivity contribution in [1.82, 2.24) is 0 Å². The van der Waals surface area contributed by atoms with Crippen LogP contribution in [0.3, 0.4) is 0 Å². The highest BCUT2D eigenvalue weighted by atomic mass is 16.5. The monoisotopic (exact) mass is 263 g/mol. The number of aryl methyl sites for hydroxylation is 1. The SMILES string of the molecule is CCCc1ccc(C(C)(CC(=O)OC)C(C)N)cc1. The second-order valence-corrected chi connectivity index (χ2v) is 5.41. The minimum atomic E-state index is -0.391. The van der Waals surface area contributed by atoms with Crippen LogP contribution in [0.2, 0.25) is 0 Å². The Bertz CT molecular complexity index is 411. The third kappa shape index (κ3) is 3.80. The van der Waals surface area contributed by atoms with E-state index in [1.165, 1.54) is 12.7 Å². The Morgan fingerprint density at radius 2 is 1.95 bits per heavy atom. The average Bonchev–Trinajstić information content (AvgIpc) is 2.39. The molecule has 0 fully saturated rings. The Hall–Kier alpha value is -1.35. The Kier molecular flexibility index (Phi) is 5.55. The summed E-state index contributed by atoms with van der Waals surface area (Å²) in [5.41, 5.74) is 8.11. The fourth-order valence-electron chi connectivity index (χ4n) is 2.24. The number of nitrogens with two attached hydrogens (primary N) is 1. The molecule has 0 spiro atoms. The van der Waals surface area contributed by atoms with E-state index >= 15 is 0 Å². The average molecular weight is 263 g/mol. The molecule has 1 rings (SSSR count). The van der Waals surface area contributed by atoms with Gasteiger partial charge < -0.3 is 10.5 Å². The molecule has 0 radical (unpaired) electrons. The van der Waals surface area contributed by atoms with Gasteiger partial charge in [-0.2, -0.15) is 0 Å². The third-order valence-corrected chi connectivity index (χ3v) is 3.90. The van der Waals surface area contributed by atoms with Crippen LogP contribution in [-0.2, 0) is 21.4 Å². The zero-order valence-corrected chi connectivity index (χ0v) is 12.4. The summed E-state index contributed by atoms with van der Waals surface area (Å²) >= 11 is 0. The van der Waals surface area contributed by atoms with Crippen LogP contribution in [0.1, 0.15) is 44.7 Å². The Balaban J connectivity index is 3.01. The van der Waals surface area contributed by atoms with Crippen LogP contribution >= 0.6 is 0 Å². The van der Waals surface area contributed by atoms with E-state index in [4.69, 9.17) is 10.5 Å². The lowest BCUT2D eigenvalue weighted by atomic mass is 9.74. The van der Waals surface area contributed by atoms with Crippen molar-refractivity contribution in [3.8, 4) is 0 Å². The molecular weight excluding hydrogens is 238 g/mol. The molecule has 0 amide bonds. The second-order valence-electron chi connectivity index (χ2n) is 5.41. The van der Waals surface area contributed by atoms with E-state index in [1.54, 1.807) is 0 Å². The fourth-order valence-corrected chi connectivity index (χ4v) is 2.24. The van der Waals surface area contributed by atoms with Gasteiger partial charge in [0, 0.05) is 11.5 Å². The Morgan fingerprint density at radius 1 is 1.37 bits per heavy atom. The summed E-state index contributed by atoms with van der Waals surface area (Å²) < 4.78 is 4.79. The van der Waals surface area contributed by atoms with E-state index in [-0.39, 0.29) is 12.0 Å². The maximum atomic E-state index is 11.6. The van der Waals surface area contributed by atoms with Crippen molar-refractivity contribution in [3.05, 3.63) is 35.4 Å². The molecule has 0 saturated carbocycles. The molecule has 0 heterocycles. The largest absolute Gasteiger partial charge is 0.469 e. The number of methoxy groups -OCH3 is 1. The van der Waals surface area contributed by atoms with E-state index in [9.17, 15) is 4.79 Å². The maximum Gasteiger partial charge on any atom is 0.306 e. The standard InChI is InChI=1S/C16H25NO2/c1-5-6-13-7-9-14(10-8-13)16(3,12(2)17)11-15(18)19-4/h7-10,12H,5-6,11,17H2,1-4H3. The van der Waals surface area contributed by atoms with Crippen molar-refractivity contribution in [1.29, 1.82) is 0 Å². The number of esters is 1. The molecular formula is C16H25NO2. The van der Waals surface area contributed by atoms with E-state index < -0.39 is 5.41 Å². The molecule has 0 saturated heterocycles. The molecule has 3 heteroatoms. The van der Waals surface area contributed by atoms with Crippen LogP contribution in [-0.4, -0.2) is 19.1 Å². The van der Waals surface area contributed by atoms with Crippen molar-refractivity contribution in [2.45, 2.75) is 51.5 Å². The van der Waals surface area contributed by atoms with Gasteiger partial charge in [0.05, 0.1) is 13.5 Å². The highest BCUT2D eigenvalue weighted by Gasteiger charge is 2.34. The van der Waals surface area contributed by atoms with Gasteiger partial charge in [-0.25, -0.2) is 0 Å². The zero-order valence-electron chi connectivity index (χ0n) is 12.4. The lowest BCUT2D eigenvalue weighted by Gasteiger charge is -2.33. The molecule has 0 aliphatic rings. The van der Waals surface area contributed by atoms with Gasteiger partial charge in [-0.05, 0) is 24.5 Å². The zero-order chi connectivity index (χ0) is 14.5. The summed E-state index contributed by atoms with van der Waals surface area (Å²) in [5, 5.41) is 0. The minimum Gasteiger partial charge on any atom is -0.469 e. The van der Waals surface area contributed by atoms with E-state index in [0.717, 1.165) is 18.4 Å². The van der Waals surface area contributed by atoms with Gasteiger partial charge in [-0.3, -0.25) is 4.79 Å². The number of hydrogen-bond acceptors (Lipinski definition) is 3. The van der Waals surface area contributed by atoms with Gasteiger partial charge in [-0.1, -0.05) is 44.5 Å². The third-order valence-electron chi connectivity index (χ3n) is 3.90. The number of benzene rings is 1. The van der Waals surface area contributed by atoms with Gasteiger partial charge in [-0.15, -0.1) is 0 Å². The minimum absolute atomic E-state index is 0.122. The number of carbonyl (C=O) groups is 1. The molecule has 0 bridgehead atoms. The molecule has 19 heavy (non-hydrogen) atoms. The predicted molar refractivity (Wildman–Crippen MR) is 78.1 cm³/mol. The number of rotatable bonds is 6. The van der Waals surface area contributed by atoms with E-state index in [1.807, 2.05) is 13.8 Å². The molecule has 0 aromatic heterocycles. The highest BCUT2D eigenvalue weighted by molar-refractivity contribution is 5.71. The predicted octanol–water partition coefficient (Wildman–Crippen LogP) is 2.81. The lowest BCUT2D eigenvalue weighted by Crippen LogP contribution is -2.42. The number of ether oxygens (including phenoxy) is 1. The maximum absolute atomic E-state index is 11.6. The van der Waals surface area contributed by atoms with Crippen LogP contribution in [0.25, 0.3) is 0 Å². The van der Waals surface area contributed by atoms with Crippen molar-refractivity contribution in [2.75, 3.05) is 7.11 Å². The summed E-state index contributed by atoms with van der Waals surface area (Å²) in [7, 11) is 1.41. The molecule has 1 aromatic rings. The molecule has 2 N–H and O–H groups in total. The van der Waals surface area contributed by atoms with Gasteiger partial charge in [0.15, 0.2) is 0 Å². The first-order chi connectivity index (χ1) is 8.93. The van der Waals surface area contributed by atoms with Gasteiger partial charge in [0.2, 0.25) is 0 Å². The molecule has 1 aromatic carbocycles. The van der Waals surface area contributed by atoms with Crippen LogP contribution in [0.4, 0.5) is 0 Å². The summed E-state index contributed by atoms with van der Waals surface area (Å²) in [6, 6.07) is 8.28. The first-order valence-electron chi connectivity index (χ1n) is 6.85. The quantitative estimate of drug-likeness (QED) is 0.803. The summed E-state index contributed by atoms with van der Waals surface area (Å²) in [4.78, 5) is 11.6. The topological polar surface area (TPSA) is 52.3 Å². The van der Waals surface area contributed by atoms with Gasteiger partial charge >= 0.3 is 5.97 Å². The van der Waals surface area contributed by atoms with Crippen LogP contribution in [0, 0.1) is 0 Å². The lowest BCUT2D eigenvalue weighted by molar-refractivity contribution is -0.142. The van der Waals surface area contributed by atoms with Crippen molar-refractivity contribution >= 4 is 5.97 Å². The van der Waals surface area contributed by atoms with Gasteiger partial charge in [0.25, 0.3) is 0 Å². The first-order valence-corrected chi connectivity index (χ1v) is 6.85. The summed E-state index contributed by atoms with van der Waals surface area (Å²) in [6.07, 6.45) is 2.51. The van der Waals surface area contributed by atoms with E-state index in [2.05, 4.69) is 31.2 Å². The molecule has 2 atom stereocenters. The van der Waals surface area contributed by atoms with Gasteiger partial charge in [0.1, 0.15) is 0 Å². The molecule has 0 aliphatic carbocycles. The van der Waals surface area contributed by atoms with Crippen LogP contribution in [0.15, 0.2) is 24.3 Å². The molecule has 2 unspecified atom stereocenters. The molecule has 0 aliphatic heterocycles. The van der Waals surface area contributed by atoms with Crippen LogP contribution in [0.5, 0.6) is 0 Å². The van der Waals surface area contributed by atoms with Crippen molar-refractivity contribution in [2.24, 2.45) is 5.73 Å². The number of hydrogen-bond donors (Lipinski definition) is 1. The fraction of sp³-hybridized carbons (Fsp3) is 0.562. The van der Waals surface area contributed by atoms with Crippen molar-refractivity contribution < 1.29 is 9.53 Å². The first kappa shape index (κ1) is 15.7. The Labute approximate surface area is 116 Å².